The molecule has 2 aromatic rings. The second-order valence-electron chi connectivity index (χ2n) is 5.19. The molecule has 1 heterocycles. The first-order chi connectivity index (χ1) is 9.92. The summed E-state index contributed by atoms with van der Waals surface area (Å²) >= 11 is -0.624. The second-order valence-corrected chi connectivity index (χ2v) is 8.90. The van der Waals surface area contributed by atoms with E-state index in [-0.39, 0.29) is 34.0 Å². The molecule has 0 amide bonds. The molecule has 0 saturated carbocycles. The molecule has 1 aromatic carbocycles. The smallest absolute Gasteiger partial charge is 1.00 e. The van der Waals surface area contributed by atoms with Crippen LogP contribution in [0, 0.1) is 0 Å². The number of benzene rings is 1. The van der Waals surface area contributed by atoms with Crippen LogP contribution in [0.3, 0.4) is 0 Å². The average Bonchev–Trinajstić information content (AvgIpc) is 3.19. The van der Waals surface area contributed by atoms with Gasteiger partial charge in [-0.3, -0.25) is 0 Å². The number of hydrogen-bond acceptors (Lipinski definition) is 0. The van der Waals surface area contributed by atoms with Gasteiger partial charge in [-0.25, -0.2) is 0 Å². The number of rotatable bonds is 3. The van der Waals surface area contributed by atoms with E-state index < -0.39 is 23.2 Å². The molecule has 2 aliphatic rings. The Morgan fingerprint density at radius 3 is 2.50 bits per heavy atom. The van der Waals surface area contributed by atoms with Crippen LogP contribution >= 0.6 is 0 Å². The summed E-state index contributed by atoms with van der Waals surface area (Å²) in [5.41, 5.74) is 4.42. The van der Waals surface area contributed by atoms with Gasteiger partial charge in [-0.05, 0) is 0 Å². The van der Waals surface area contributed by atoms with Gasteiger partial charge in [0.1, 0.15) is 0 Å². The summed E-state index contributed by atoms with van der Waals surface area (Å²) in [7, 11) is 0. The molecule has 1 atom stereocenters. The molecule has 4 heteroatoms. The molecule has 0 fully saturated rings. The summed E-state index contributed by atoms with van der Waals surface area (Å²) in [4.78, 5) is 0. The predicted molar refractivity (Wildman–Crippen MR) is 79.6 cm³/mol. The fraction of sp³-hybridized carbons (Fsp3) is 0.111. The van der Waals surface area contributed by atoms with Gasteiger partial charge in [-0.1, -0.05) is 0 Å². The minimum Gasteiger partial charge on any atom is -1.00 e. The van der Waals surface area contributed by atoms with Crippen molar-refractivity contribution >= 4 is 11.8 Å². The van der Waals surface area contributed by atoms with Gasteiger partial charge in [0.05, 0.1) is 0 Å². The van der Waals surface area contributed by atoms with Crippen molar-refractivity contribution < 1.29 is 57.2 Å². The zero-order valence-corrected chi connectivity index (χ0v) is 17.5. The van der Waals surface area contributed by atoms with Gasteiger partial charge in [0.2, 0.25) is 0 Å². The Hall–Kier alpha value is -0.437. The molecule has 4 rings (SSSR count). The summed E-state index contributed by atoms with van der Waals surface area (Å²) in [5.74, 6) is 0. The van der Waals surface area contributed by atoms with Crippen LogP contribution in [0.2, 0.25) is 0 Å². The van der Waals surface area contributed by atoms with Crippen LogP contribution in [-0.2, 0) is 23.2 Å². The SMILES string of the molecule is C1=CC[C]([Zr+2][CH]2C(n3cccc3)=Cc3ccccc32)=C1.[Br-].[Br-]. The number of fused-ring (bicyclic) bond motifs is 1. The Kier molecular flexibility index (Phi) is 6.43. The van der Waals surface area contributed by atoms with E-state index in [0.29, 0.717) is 3.63 Å². The van der Waals surface area contributed by atoms with Gasteiger partial charge in [-0.2, -0.15) is 0 Å². The molecule has 0 saturated heterocycles. The number of nitrogens with zero attached hydrogens (tertiary/aromatic N) is 1. The third-order valence-corrected chi connectivity index (χ3v) is 7.93. The van der Waals surface area contributed by atoms with Crippen molar-refractivity contribution in [2.45, 2.75) is 10.0 Å². The summed E-state index contributed by atoms with van der Waals surface area (Å²) in [6.07, 6.45) is 14.8. The Morgan fingerprint density at radius 1 is 1.00 bits per heavy atom. The summed E-state index contributed by atoms with van der Waals surface area (Å²) in [6, 6.07) is 13.1. The predicted octanol–water partition coefficient (Wildman–Crippen LogP) is -1.52. The van der Waals surface area contributed by atoms with Crippen molar-refractivity contribution in [2.75, 3.05) is 0 Å². The van der Waals surface area contributed by atoms with E-state index >= 15 is 0 Å². The minimum atomic E-state index is -0.624. The van der Waals surface area contributed by atoms with Crippen LogP contribution in [-0.4, -0.2) is 4.57 Å². The third-order valence-electron chi connectivity index (χ3n) is 3.91. The van der Waals surface area contributed by atoms with Crippen molar-refractivity contribution in [3.05, 3.63) is 81.4 Å². The van der Waals surface area contributed by atoms with E-state index in [4.69, 9.17) is 0 Å². The van der Waals surface area contributed by atoms with E-state index in [2.05, 4.69) is 77.7 Å². The van der Waals surface area contributed by atoms with Crippen LogP contribution in [0.4, 0.5) is 0 Å². The second kappa shape index (κ2) is 7.90. The Bertz CT molecular complexity index is 729. The van der Waals surface area contributed by atoms with E-state index in [1.165, 1.54) is 23.2 Å². The molecular weight excluding hydrogens is 481 g/mol. The Balaban J connectivity index is 0.000000882. The molecule has 110 valence electrons. The van der Waals surface area contributed by atoms with Gasteiger partial charge >= 0.3 is 131 Å². The molecule has 0 N–H and O–H groups in total. The maximum atomic E-state index is 2.38. The Labute approximate surface area is 163 Å². The van der Waals surface area contributed by atoms with E-state index in [9.17, 15) is 0 Å². The molecule has 1 unspecified atom stereocenters. The molecule has 0 aliphatic heterocycles. The van der Waals surface area contributed by atoms with Crippen LogP contribution in [0.15, 0.2) is 70.3 Å². The number of halogens is 2. The molecular formula is C18H15Br2NZr. The molecule has 1 nitrogen and oxygen atoms in total. The minimum absolute atomic E-state index is 0. The molecule has 0 radical (unpaired) electrons. The summed E-state index contributed by atoms with van der Waals surface area (Å²) in [6.45, 7) is 0. The van der Waals surface area contributed by atoms with E-state index in [1.807, 2.05) is 0 Å². The fourth-order valence-electron chi connectivity index (χ4n) is 2.93. The van der Waals surface area contributed by atoms with E-state index in [0.717, 1.165) is 0 Å². The number of allylic oxidation sites excluding steroid dienone is 5. The maximum absolute atomic E-state index is 2.38. The molecule has 0 spiro atoms. The maximum Gasteiger partial charge on any atom is -1.00 e. The third kappa shape index (κ3) is 3.39. The first-order valence-corrected chi connectivity index (χ1v) is 9.63. The zero-order chi connectivity index (χ0) is 13.4. The molecule has 2 aliphatic carbocycles. The zero-order valence-electron chi connectivity index (χ0n) is 11.9. The fourth-order valence-corrected chi connectivity index (χ4v) is 6.86. The average molecular weight is 496 g/mol. The van der Waals surface area contributed by atoms with Gasteiger partial charge in [0.15, 0.2) is 0 Å². The largest absolute Gasteiger partial charge is 1.00 e. The van der Waals surface area contributed by atoms with Crippen molar-refractivity contribution in [1.29, 1.82) is 0 Å². The van der Waals surface area contributed by atoms with Crippen molar-refractivity contribution in [3.8, 4) is 0 Å². The van der Waals surface area contributed by atoms with Crippen molar-refractivity contribution in [3.63, 3.8) is 0 Å². The van der Waals surface area contributed by atoms with Crippen molar-refractivity contribution in [2.24, 2.45) is 0 Å². The van der Waals surface area contributed by atoms with Crippen LogP contribution in [0.5, 0.6) is 0 Å². The van der Waals surface area contributed by atoms with Gasteiger partial charge in [0, 0.05) is 0 Å². The summed E-state index contributed by atoms with van der Waals surface area (Å²) in [5, 5.41) is 0. The van der Waals surface area contributed by atoms with Crippen LogP contribution in [0.25, 0.3) is 11.8 Å². The Morgan fingerprint density at radius 2 is 1.77 bits per heavy atom. The standard InChI is InChI=1S/C13H10N.C5H5.2BrH.Zr/c1-2-6-12-10-13(9-11(12)5-1)14-7-3-4-8-14;1-2-4-5-3-1;;;/h1-10H;1-3H,4H2;2*1H;/q;;;;+2/p-2. The van der Waals surface area contributed by atoms with Crippen molar-refractivity contribution in [1.82, 2.24) is 4.57 Å². The molecule has 0 bridgehead atoms. The van der Waals surface area contributed by atoms with Crippen LogP contribution in [0.1, 0.15) is 21.2 Å². The normalized spacial score (nSPS) is 17.7. The van der Waals surface area contributed by atoms with Crippen LogP contribution < -0.4 is 34.0 Å². The first-order valence-electron chi connectivity index (χ1n) is 6.98. The van der Waals surface area contributed by atoms with E-state index in [1.54, 1.807) is 3.28 Å². The monoisotopic (exact) mass is 493 g/mol. The topological polar surface area (TPSA) is 4.93 Å². The molecule has 22 heavy (non-hydrogen) atoms. The number of aromatic nitrogens is 1. The van der Waals surface area contributed by atoms with Gasteiger partial charge < -0.3 is 34.0 Å². The molecule has 1 aromatic heterocycles. The summed E-state index contributed by atoms with van der Waals surface area (Å²) < 4.78 is 4.65. The van der Waals surface area contributed by atoms with Gasteiger partial charge in [0.25, 0.3) is 0 Å². The number of hydrogen-bond donors (Lipinski definition) is 0. The van der Waals surface area contributed by atoms with Gasteiger partial charge in [-0.15, -0.1) is 0 Å². The quantitative estimate of drug-likeness (QED) is 0.487. The first kappa shape index (κ1) is 17.9.